The van der Waals surface area contributed by atoms with Crippen molar-refractivity contribution in [2.75, 3.05) is 13.1 Å². The van der Waals surface area contributed by atoms with Gasteiger partial charge in [-0.15, -0.1) is 0 Å². The molecule has 3 rings (SSSR count). The summed E-state index contributed by atoms with van der Waals surface area (Å²) in [7, 11) is 0. The Hall–Kier alpha value is -2.63. The van der Waals surface area contributed by atoms with Crippen LogP contribution in [0, 0.1) is 12.8 Å². The maximum atomic E-state index is 12.7. The van der Waals surface area contributed by atoms with Crippen LogP contribution in [0.3, 0.4) is 0 Å². The zero-order valence-electron chi connectivity index (χ0n) is 15.3. The van der Waals surface area contributed by atoms with Crippen molar-refractivity contribution in [3.8, 4) is 0 Å². The van der Waals surface area contributed by atoms with E-state index in [-0.39, 0.29) is 18.4 Å². The number of nitrogens with zero attached hydrogens (tertiary/aromatic N) is 3. The number of carboxylic acid groups (broad SMARTS) is 1. The second-order valence-corrected chi connectivity index (χ2v) is 6.85. The minimum Gasteiger partial charge on any atom is -0.481 e. The number of aryl methyl sites for hydroxylation is 3. The zero-order chi connectivity index (χ0) is 18.7. The summed E-state index contributed by atoms with van der Waals surface area (Å²) in [5, 5.41) is 9.63. The van der Waals surface area contributed by atoms with Crippen LogP contribution in [0.25, 0.3) is 0 Å². The molecule has 1 aromatic heterocycles. The summed E-state index contributed by atoms with van der Waals surface area (Å²) >= 11 is 0. The first kappa shape index (κ1) is 18.2. The normalized spacial score (nSPS) is 19.7. The fraction of sp³-hybridized carbons (Fsp3) is 0.450. The van der Waals surface area contributed by atoms with Gasteiger partial charge in [0.15, 0.2) is 0 Å². The van der Waals surface area contributed by atoms with E-state index in [9.17, 15) is 14.7 Å². The smallest absolute Gasteiger partial charge is 0.308 e. The van der Waals surface area contributed by atoms with Crippen LogP contribution >= 0.6 is 0 Å². The highest BCUT2D eigenvalue weighted by Crippen LogP contribution is 2.34. The molecule has 1 N–H and O–H groups in total. The molecule has 0 aliphatic carbocycles. The molecule has 0 spiro atoms. The van der Waals surface area contributed by atoms with Gasteiger partial charge < -0.3 is 14.6 Å². The van der Waals surface area contributed by atoms with E-state index >= 15 is 0 Å². The summed E-state index contributed by atoms with van der Waals surface area (Å²) in [4.78, 5) is 30.4. The molecule has 0 radical (unpaired) electrons. The highest BCUT2D eigenvalue weighted by molar-refractivity contribution is 5.79. The van der Waals surface area contributed by atoms with Gasteiger partial charge in [-0.3, -0.25) is 9.59 Å². The second kappa shape index (κ2) is 7.72. The lowest BCUT2D eigenvalue weighted by molar-refractivity contribution is -0.141. The van der Waals surface area contributed by atoms with Crippen LogP contribution in [0.2, 0.25) is 0 Å². The number of imidazole rings is 1. The average molecular weight is 355 g/mol. The Kier molecular flexibility index (Phi) is 5.40. The zero-order valence-corrected chi connectivity index (χ0v) is 15.3. The van der Waals surface area contributed by atoms with Crippen molar-refractivity contribution in [2.24, 2.45) is 5.92 Å². The molecule has 1 fully saturated rings. The van der Waals surface area contributed by atoms with E-state index in [0.29, 0.717) is 19.5 Å². The fourth-order valence-corrected chi connectivity index (χ4v) is 3.81. The molecule has 6 heteroatoms. The van der Waals surface area contributed by atoms with Crippen molar-refractivity contribution in [3.05, 3.63) is 53.6 Å². The minimum atomic E-state index is -0.837. The molecule has 1 aliphatic rings. The number of hydrogen-bond donors (Lipinski definition) is 1. The number of carbonyl (C=O) groups is 2. The molecule has 0 saturated carbocycles. The number of benzene rings is 1. The first-order valence-electron chi connectivity index (χ1n) is 9.07. The maximum absolute atomic E-state index is 12.7. The molecule has 1 aliphatic heterocycles. The summed E-state index contributed by atoms with van der Waals surface area (Å²) < 4.78 is 1.99. The van der Waals surface area contributed by atoms with Crippen LogP contribution in [0.1, 0.15) is 36.2 Å². The predicted octanol–water partition coefficient (Wildman–Crippen LogP) is 2.47. The SMILES string of the molecule is CCc1nccn1CCC(=O)N1C[C@@H](C(=O)O)[C@H](c2ccccc2C)C1. The Labute approximate surface area is 153 Å². The first-order valence-corrected chi connectivity index (χ1v) is 9.07. The highest BCUT2D eigenvalue weighted by Gasteiger charge is 2.40. The van der Waals surface area contributed by atoms with Gasteiger partial charge in [0.1, 0.15) is 5.82 Å². The lowest BCUT2D eigenvalue weighted by atomic mass is 9.86. The highest BCUT2D eigenvalue weighted by atomic mass is 16.4. The topological polar surface area (TPSA) is 75.4 Å². The molecule has 2 aromatic rings. The Balaban J connectivity index is 1.70. The monoisotopic (exact) mass is 355 g/mol. The van der Waals surface area contributed by atoms with Gasteiger partial charge in [0.25, 0.3) is 0 Å². The van der Waals surface area contributed by atoms with Crippen molar-refractivity contribution in [2.45, 2.75) is 39.2 Å². The van der Waals surface area contributed by atoms with Crippen molar-refractivity contribution < 1.29 is 14.7 Å². The van der Waals surface area contributed by atoms with Crippen molar-refractivity contribution in [1.29, 1.82) is 0 Å². The van der Waals surface area contributed by atoms with E-state index < -0.39 is 11.9 Å². The summed E-state index contributed by atoms with van der Waals surface area (Å²) in [5.74, 6) is -0.587. The average Bonchev–Trinajstić information content (AvgIpc) is 3.26. The van der Waals surface area contributed by atoms with Crippen LogP contribution < -0.4 is 0 Å². The van der Waals surface area contributed by atoms with E-state index in [1.54, 1.807) is 11.1 Å². The van der Waals surface area contributed by atoms with Gasteiger partial charge in [-0.25, -0.2) is 4.98 Å². The molecule has 2 atom stereocenters. The Morgan fingerprint density at radius 1 is 1.27 bits per heavy atom. The summed E-state index contributed by atoms with van der Waals surface area (Å²) in [5.41, 5.74) is 2.10. The van der Waals surface area contributed by atoms with Crippen LogP contribution in [0.4, 0.5) is 0 Å². The van der Waals surface area contributed by atoms with E-state index in [2.05, 4.69) is 4.98 Å². The number of carbonyl (C=O) groups excluding carboxylic acids is 1. The third-order valence-corrected chi connectivity index (χ3v) is 5.26. The van der Waals surface area contributed by atoms with Crippen molar-refractivity contribution >= 4 is 11.9 Å². The molecule has 0 bridgehead atoms. The number of likely N-dealkylation sites (tertiary alicyclic amines) is 1. The summed E-state index contributed by atoms with van der Waals surface area (Å²) in [6.45, 7) is 5.34. The van der Waals surface area contributed by atoms with Crippen LogP contribution in [0.5, 0.6) is 0 Å². The molecule has 138 valence electrons. The maximum Gasteiger partial charge on any atom is 0.308 e. The molecule has 0 unspecified atom stereocenters. The number of aromatic nitrogens is 2. The van der Waals surface area contributed by atoms with Gasteiger partial charge in [0.2, 0.25) is 5.91 Å². The Morgan fingerprint density at radius 2 is 2.04 bits per heavy atom. The Morgan fingerprint density at radius 3 is 2.73 bits per heavy atom. The number of amides is 1. The van der Waals surface area contributed by atoms with E-state index in [1.807, 2.05) is 48.9 Å². The van der Waals surface area contributed by atoms with E-state index in [0.717, 1.165) is 23.4 Å². The van der Waals surface area contributed by atoms with Gasteiger partial charge in [0, 0.05) is 50.8 Å². The van der Waals surface area contributed by atoms with Crippen LogP contribution in [0.15, 0.2) is 36.7 Å². The lowest BCUT2D eigenvalue weighted by Gasteiger charge is -2.18. The third-order valence-electron chi connectivity index (χ3n) is 5.26. The molecule has 1 amide bonds. The van der Waals surface area contributed by atoms with Crippen LogP contribution in [-0.4, -0.2) is 44.5 Å². The molecule has 1 saturated heterocycles. The second-order valence-electron chi connectivity index (χ2n) is 6.85. The lowest BCUT2D eigenvalue weighted by Crippen LogP contribution is -2.30. The van der Waals surface area contributed by atoms with Crippen molar-refractivity contribution in [1.82, 2.24) is 14.5 Å². The number of aliphatic carboxylic acids is 1. The largest absolute Gasteiger partial charge is 0.481 e. The number of rotatable bonds is 6. The number of hydrogen-bond acceptors (Lipinski definition) is 3. The van der Waals surface area contributed by atoms with Gasteiger partial charge in [-0.1, -0.05) is 31.2 Å². The molecular weight excluding hydrogens is 330 g/mol. The molecule has 2 heterocycles. The predicted molar refractivity (Wildman–Crippen MR) is 97.8 cm³/mol. The third kappa shape index (κ3) is 3.64. The Bertz CT molecular complexity index is 799. The quantitative estimate of drug-likeness (QED) is 0.864. The van der Waals surface area contributed by atoms with Gasteiger partial charge in [-0.2, -0.15) is 0 Å². The standard InChI is InChI=1S/C20H25N3O3/c1-3-18-21-9-11-22(18)10-8-19(24)23-12-16(17(13-23)20(25)26)15-7-5-4-6-14(15)2/h4-7,9,11,16-17H,3,8,10,12-13H2,1-2H3,(H,25,26)/t16-,17+/m0/s1. The fourth-order valence-electron chi connectivity index (χ4n) is 3.81. The van der Waals surface area contributed by atoms with Gasteiger partial charge in [-0.05, 0) is 18.1 Å². The van der Waals surface area contributed by atoms with Crippen LogP contribution in [-0.2, 0) is 22.6 Å². The van der Waals surface area contributed by atoms with Gasteiger partial charge in [0.05, 0.1) is 5.92 Å². The number of carboxylic acids is 1. The minimum absolute atomic E-state index is 0.00286. The first-order chi connectivity index (χ1) is 12.5. The molecule has 26 heavy (non-hydrogen) atoms. The molecule has 1 aromatic carbocycles. The van der Waals surface area contributed by atoms with E-state index in [1.165, 1.54) is 0 Å². The van der Waals surface area contributed by atoms with E-state index in [4.69, 9.17) is 0 Å². The van der Waals surface area contributed by atoms with Crippen molar-refractivity contribution in [3.63, 3.8) is 0 Å². The molecule has 6 nitrogen and oxygen atoms in total. The molecular formula is C20H25N3O3. The summed E-state index contributed by atoms with van der Waals surface area (Å²) in [6.07, 6.45) is 4.80. The van der Waals surface area contributed by atoms with Gasteiger partial charge >= 0.3 is 5.97 Å². The summed E-state index contributed by atoms with van der Waals surface area (Å²) in [6, 6.07) is 7.84.